The fourth-order valence-corrected chi connectivity index (χ4v) is 4.50. The topological polar surface area (TPSA) is 57.8 Å². The van der Waals surface area contributed by atoms with Gasteiger partial charge in [0, 0.05) is 21.8 Å². The summed E-state index contributed by atoms with van der Waals surface area (Å²) >= 11 is 7.40. The van der Waals surface area contributed by atoms with Crippen molar-refractivity contribution in [2.45, 2.75) is 37.6 Å². The van der Waals surface area contributed by atoms with Crippen molar-refractivity contribution < 1.29 is 4.79 Å². The molecule has 0 saturated carbocycles. The number of H-pyrrole nitrogens is 1. The summed E-state index contributed by atoms with van der Waals surface area (Å²) in [6, 6.07) is 23.9. The number of hydrogen-bond acceptors (Lipinski definition) is 3. The Balaban J connectivity index is 1.63. The van der Waals surface area contributed by atoms with Crippen molar-refractivity contribution >= 4 is 35.0 Å². The Morgan fingerprint density at radius 2 is 1.52 bits per heavy atom. The van der Waals surface area contributed by atoms with Crippen LogP contribution in [0.5, 0.6) is 0 Å². The summed E-state index contributed by atoms with van der Waals surface area (Å²) in [5, 5.41) is 4.05. The van der Waals surface area contributed by atoms with Crippen molar-refractivity contribution in [1.82, 2.24) is 9.97 Å². The van der Waals surface area contributed by atoms with Crippen LogP contribution < -0.4 is 5.32 Å². The maximum Gasteiger partial charge on any atom is 0.237 e. The van der Waals surface area contributed by atoms with Crippen molar-refractivity contribution in [3.8, 4) is 22.5 Å². The molecule has 4 nitrogen and oxygen atoms in total. The summed E-state index contributed by atoms with van der Waals surface area (Å²) in [6.07, 6.45) is 0.671. The molecule has 0 saturated heterocycles. The van der Waals surface area contributed by atoms with Crippen LogP contribution in [0.25, 0.3) is 22.5 Å². The highest BCUT2D eigenvalue weighted by molar-refractivity contribution is 8.00. The number of aromatic nitrogens is 2. The maximum absolute atomic E-state index is 12.9. The number of halogens is 1. The van der Waals surface area contributed by atoms with Crippen molar-refractivity contribution in [1.29, 1.82) is 0 Å². The molecule has 0 bridgehead atoms. The van der Waals surface area contributed by atoms with E-state index in [0.29, 0.717) is 11.4 Å². The second kappa shape index (κ2) is 10.3. The fraction of sp³-hybridized carbons (Fsp3) is 0.185. The number of aryl methyl sites for hydroxylation is 2. The Hall–Kier alpha value is -3.02. The van der Waals surface area contributed by atoms with E-state index in [9.17, 15) is 4.79 Å². The van der Waals surface area contributed by atoms with Gasteiger partial charge < -0.3 is 10.3 Å². The number of aromatic amines is 1. The molecule has 6 heteroatoms. The van der Waals surface area contributed by atoms with E-state index in [1.807, 2.05) is 6.92 Å². The molecule has 3 aromatic carbocycles. The number of rotatable bonds is 7. The lowest BCUT2D eigenvalue weighted by molar-refractivity contribution is -0.115. The first-order chi connectivity index (χ1) is 15.9. The Morgan fingerprint density at radius 1 is 0.939 bits per heavy atom. The number of thioether (sulfide) groups is 1. The van der Waals surface area contributed by atoms with E-state index >= 15 is 0 Å². The number of hydrogen-bond donors (Lipinski definition) is 2. The van der Waals surface area contributed by atoms with E-state index < -0.39 is 0 Å². The van der Waals surface area contributed by atoms with Gasteiger partial charge in [-0.3, -0.25) is 4.79 Å². The quantitative estimate of drug-likeness (QED) is 0.272. The van der Waals surface area contributed by atoms with Gasteiger partial charge in [0.25, 0.3) is 0 Å². The summed E-state index contributed by atoms with van der Waals surface area (Å²) in [6.45, 7) is 6.15. The van der Waals surface area contributed by atoms with Gasteiger partial charge in [-0.25, -0.2) is 4.98 Å². The van der Waals surface area contributed by atoms with Gasteiger partial charge >= 0.3 is 0 Å². The third-order valence-corrected chi connectivity index (χ3v) is 6.88. The highest BCUT2D eigenvalue weighted by atomic mass is 35.5. The number of anilines is 1. The van der Waals surface area contributed by atoms with E-state index in [1.165, 1.54) is 22.9 Å². The van der Waals surface area contributed by atoms with Gasteiger partial charge in [0.05, 0.1) is 16.6 Å². The van der Waals surface area contributed by atoms with E-state index in [4.69, 9.17) is 16.6 Å². The molecule has 0 radical (unpaired) electrons. The normalized spacial score (nSPS) is 11.9. The largest absolute Gasteiger partial charge is 0.332 e. The van der Waals surface area contributed by atoms with E-state index in [0.717, 1.165) is 33.4 Å². The molecule has 1 amide bonds. The molecule has 1 unspecified atom stereocenters. The smallest absolute Gasteiger partial charge is 0.237 e. The average molecular weight is 476 g/mol. The molecule has 0 fully saturated rings. The molecular weight excluding hydrogens is 450 g/mol. The Bertz CT molecular complexity index is 1170. The van der Waals surface area contributed by atoms with E-state index in [2.05, 4.69) is 72.7 Å². The van der Waals surface area contributed by atoms with Crippen molar-refractivity contribution in [2.75, 3.05) is 5.32 Å². The summed E-state index contributed by atoms with van der Waals surface area (Å²) in [5.74, 6) is -0.0602. The molecule has 0 aliphatic carbocycles. The lowest BCUT2D eigenvalue weighted by Gasteiger charge is -2.13. The zero-order valence-electron chi connectivity index (χ0n) is 18.9. The van der Waals surface area contributed by atoms with Gasteiger partial charge in [0.1, 0.15) is 0 Å². The highest BCUT2D eigenvalue weighted by Gasteiger charge is 2.22. The summed E-state index contributed by atoms with van der Waals surface area (Å²) < 4.78 is 0. The molecule has 168 valence electrons. The standard InChI is InChI=1S/C27H26ClN3OS/c1-4-23(26(32)29-22-15-13-21(28)14-16-22)33-27-30-24(19-9-5-17(2)6-10-19)25(31-27)20-11-7-18(3)8-12-20/h5-16,23H,4H2,1-3H3,(H,29,32)(H,30,31). The summed E-state index contributed by atoms with van der Waals surface area (Å²) in [7, 11) is 0. The van der Waals surface area contributed by atoms with Gasteiger partial charge in [-0.2, -0.15) is 0 Å². The highest BCUT2D eigenvalue weighted by Crippen LogP contribution is 2.35. The van der Waals surface area contributed by atoms with Crippen molar-refractivity contribution in [2.24, 2.45) is 0 Å². The molecule has 2 N–H and O–H groups in total. The van der Waals surface area contributed by atoms with E-state index in [1.54, 1.807) is 24.3 Å². The first-order valence-corrected chi connectivity index (χ1v) is 12.2. The van der Waals surface area contributed by atoms with Crippen LogP contribution in [0.4, 0.5) is 5.69 Å². The predicted octanol–water partition coefficient (Wildman–Crippen LogP) is 7.52. The van der Waals surface area contributed by atoms with Crippen LogP contribution in [0, 0.1) is 13.8 Å². The molecule has 33 heavy (non-hydrogen) atoms. The van der Waals surface area contributed by atoms with Gasteiger partial charge in [0.15, 0.2) is 5.16 Å². The molecule has 0 aliphatic heterocycles. The molecule has 0 aliphatic rings. The molecule has 1 heterocycles. The zero-order chi connectivity index (χ0) is 23.4. The second-order valence-electron chi connectivity index (χ2n) is 8.01. The van der Waals surface area contributed by atoms with Gasteiger partial charge in [0.2, 0.25) is 5.91 Å². The van der Waals surface area contributed by atoms with Crippen LogP contribution in [0.1, 0.15) is 24.5 Å². The minimum atomic E-state index is -0.288. The molecule has 1 aromatic heterocycles. The first-order valence-electron chi connectivity index (χ1n) is 10.9. The Labute approximate surface area is 203 Å². The number of amides is 1. The lowest BCUT2D eigenvalue weighted by atomic mass is 10.0. The predicted molar refractivity (Wildman–Crippen MR) is 139 cm³/mol. The molecular formula is C27H26ClN3OS. The van der Waals surface area contributed by atoms with Gasteiger partial charge in [-0.15, -0.1) is 0 Å². The average Bonchev–Trinajstić information content (AvgIpc) is 3.23. The molecule has 0 spiro atoms. The number of nitrogens with one attached hydrogen (secondary N) is 2. The van der Waals surface area contributed by atoms with Crippen LogP contribution >= 0.6 is 23.4 Å². The summed E-state index contributed by atoms with van der Waals surface area (Å²) in [4.78, 5) is 21.3. The Kier molecular flexibility index (Phi) is 7.21. The van der Waals surface area contributed by atoms with Crippen LogP contribution in [0.15, 0.2) is 78.0 Å². The maximum atomic E-state index is 12.9. The molecule has 1 atom stereocenters. The number of nitrogens with zero attached hydrogens (tertiary/aromatic N) is 1. The third kappa shape index (κ3) is 5.67. The second-order valence-corrected chi connectivity index (χ2v) is 9.64. The molecule has 4 aromatic rings. The number of carbonyl (C=O) groups is 1. The van der Waals surface area contributed by atoms with Crippen LogP contribution in [-0.4, -0.2) is 21.1 Å². The minimum absolute atomic E-state index is 0.0602. The first kappa shape index (κ1) is 23.1. The number of benzene rings is 3. The Morgan fingerprint density at radius 3 is 2.09 bits per heavy atom. The zero-order valence-corrected chi connectivity index (χ0v) is 20.4. The SMILES string of the molecule is CCC(Sc1nc(-c2ccc(C)cc2)c(-c2ccc(C)cc2)[nH]1)C(=O)Nc1ccc(Cl)cc1. The van der Waals surface area contributed by atoms with Gasteiger partial charge in [-0.05, 0) is 44.5 Å². The van der Waals surface area contributed by atoms with Crippen molar-refractivity contribution in [3.63, 3.8) is 0 Å². The monoisotopic (exact) mass is 475 g/mol. The molecule has 4 rings (SSSR count). The van der Waals surface area contributed by atoms with Crippen LogP contribution in [0.2, 0.25) is 5.02 Å². The number of carbonyl (C=O) groups excluding carboxylic acids is 1. The van der Waals surface area contributed by atoms with Gasteiger partial charge in [-0.1, -0.05) is 89.9 Å². The van der Waals surface area contributed by atoms with Crippen molar-refractivity contribution in [3.05, 3.63) is 88.9 Å². The third-order valence-electron chi connectivity index (χ3n) is 5.38. The van der Waals surface area contributed by atoms with E-state index in [-0.39, 0.29) is 11.2 Å². The summed E-state index contributed by atoms with van der Waals surface area (Å²) in [5.41, 5.74) is 7.07. The minimum Gasteiger partial charge on any atom is -0.332 e. The number of imidazole rings is 1. The van der Waals surface area contributed by atoms with Crippen LogP contribution in [0.3, 0.4) is 0 Å². The van der Waals surface area contributed by atoms with Crippen LogP contribution in [-0.2, 0) is 4.79 Å². The fourth-order valence-electron chi connectivity index (χ4n) is 3.47. The lowest BCUT2D eigenvalue weighted by Crippen LogP contribution is -2.24.